The maximum absolute atomic E-state index is 4.26. The van der Waals surface area contributed by atoms with E-state index in [0.717, 1.165) is 5.57 Å². The molecule has 0 N–H and O–H groups in total. The standard InChI is InChI=1S/C21H14/c1-13-11-16-12-15-5-2-3-7-18(15)19-10-9-14-6-4-8-17(13)20(14)21(16)19/h2-12,21H,1H2. The van der Waals surface area contributed by atoms with Crippen LogP contribution in [0.4, 0.5) is 0 Å². The van der Waals surface area contributed by atoms with Crippen molar-refractivity contribution in [3.63, 3.8) is 0 Å². The van der Waals surface area contributed by atoms with Gasteiger partial charge in [-0.3, -0.25) is 0 Å². The van der Waals surface area contributed by atoms with Crippen LogP contribution in [-0.4, -0.2) is 0 Å². The molecule has 2 aromatic carbocycles. The fraction of sp³-hybridized carbons (Fsp3) is 0.0476. The Balaban J connectivity index is 2.01. The third kappa shape index (κ3) is 1.34. The summed E-state index contributed by atoms with van der Waals surface area (Å²) in [6, 6.07) is 15.2. The quantitative estimate of drug-likeness (QED) is 0.685. The molecular weight excluding hydrogens is 252 g/mol. The van der Waals surface area contributed by atoms with Crippen molar-refractivity contribution in [2.75, 3.05) is 0 Å². The van der Waals surface area contributed by atoms with Crippen molar-refractivity contribution in [3.8, 4) is 0 Å². The summed E-state index contributed by atoms with van der Waals surface area (Å²) in [5, 5.41) is 2.68. The summed E-state index contributed by atoms with van der Waals surface area (Å²) >= 11 is 0. The molecule has 0 nitrogen and oxygen atoms in total. The molecule has 3 aliphatic carbocycles. The molecule has 0 aromatic heterocycles. The highest BCUT2D eigenvalue weighted by Crippen LogP contribution is 2.47. The van der Waals surface area contributed by atoms with Gasteiger partial charge in [0.25, 0.3) is 0 Å². The van der Waals surface area contributed by atoms with E-state index in [0.29, 0.717) is 5.92 Å². The maximum Gasteiger partial charge on any atom is 0.0358 e. The van der Waals surface area contributed by atoms with E-state index in [2.05, 4.69) is 73.3 Å². The van der Waals surface area contributed by atoms with Crippen LogP contribution < -0.4 is 10.4 Å². The predicted octanol–water partition coefficient (Wildman–Crippen LogP) is 3.40. The largest absolute Gasteiger partial charge is 0.0911 e. The minimum absolute atomic E-state index is 0.376. The molecule has 0 heterocycles. The SMILES string of the molecule is C=C1C=C2C=c3ccccc3=C3C=Cc4cccc1c4C23. The van der Waals surface area contributed by atoms with Crippen LogP contribution >= 0.6 is 0 Å². The Kier molecular flexibility index (Phi) is 1.97. The highest BCUT2D eigenvalue weighted by Gasteiger charge is 2.31. The first-order valence-corrected chi connectivity index (χ1v) is 7.36. The molecule has 2 aromatic rings. The van der Waals surface area contributed by atoms with Crippen molar-refractivity contribution < 1.29 is 0 Å². The first kappa shape index (κ1) is 11.1. The molecule has 5 rings (SSSR count). The monoisotopic (exact) mass is 266 g/mol. The minimum atomic E-state index is 0.376. The Morgan fingerprint density at radius 1 is 0.857 bits per heavy atom. The van der Waals surface area contributed by atoms with E-state index in [-0.39, 0.29) is 0 Å². The lowest BCUT2D eigenvalue weighted by Crippen LogP contribution is -2.34. The zero-order valence-corrected chi connectivity index (χ0v) is 11.6. The summed E-state index contributed by atoms with van der Waals surface area (Å²) in [4.78, 5) is 0. The van der Waals surface area contributed by atoms with Crippen molar-refractivity contribution in [2.24, 2.45) is 0 Å². The average molecular weight is 266 g/mol. The second-order valence-electron chi connectivity index (χ2n) is 5.93. The van der Waals surface area contributed by atoms with Gasteiger partial charge >= 0.3 is 0 Å². The van der Waals surface area contributed by atoms with E-state index < -0.39 is 0 Å². The van der Waals surface area contributed by atoms with Crippen LogP contribution in [0.15, 0.2) is 66.8 Å². The van der Waals surface area contributed by atoms with Gasteiger partial charge in [0.15, 0.2) is 0 Å². The fourth-order valence-corrected chi connectivity index (χ4v) is 3.91. The second kappa shape index (κ2) is 3.73. The Morgan fingerprint density at radius 3 is 2.71 bits per heavy atom. The number of allylic oxidation sites excluding steroid dienone is 4. The van der Waals surface area contributed by atoms with Crippen LogP contribution in [0, 0.1) is 0 Å². The minimum Gasteiger partial charge on any atom is -0.0911 e. The number of fused-ring (bicyclic) bond motifs is 1. The molecule has 1 unspecified atom stereocenters. The van der Waals surface area contributed by atoms with Crippen LogP contribution in [0.3, 0.4) is 0 Å². The van der Waals surface area contributed by atoms with Gasteiger partial charge in [-0.15, -0.1) is 0 Å². The Labute approximate surface area is 123 Å². The lowest BCUT2D eigenvalue weighted by Gasteiger charge is -2.34. The summed E-state index contributed by atoms with van der Waals surface area (Å²) in [6.07, 6.45) is 9.13. The summed E-state index contributed by atoms with van der Waals surface area (Å²) in [5.41, 5.74) is 7.99. The number of hydrogen-bond acceptors (Lipinski definition) is 0. The molecule has 0 aliphatic heterocycles. The molecule has 0 amide bonds. The van der Waals surface area contributed by atoms with Gasteiger partial charge in [-0.1, -0.05) is 73.3 Å². The topological polar surface area (TPSA) is 0 Å². The van der Waals surface area contributed by atoms with Gasteiger partial charge in [-0.2, -0.15) is 0 Å². The Morgan fingerprint density at radius 2 is 1.76 bits per heavy atom. The molecule has 0 bridgehead atoms. The zero-order chi connectivity index (χ0) is 14.0. The lowest BCUT2D eigenvalue weighted by molar-refractivity contribution is 1.01. The van der Waals surface area contributed by atoms with Gasteiger partial charge in [0.1, 0.15) is 0 Å². The first-order chi connectivity index (χ1) is 10.3. The second-order valence-corrected chi connectivity index (χ2v) is 5.93. The Hall–Kier alpha value is -2.60. The maximum atomic E-state index is 4.26. The Bertz CT molecular complexity index is 997. The summed E-state index contributed by atoms with van der Waals surface area (Å²) < 4.78 is 0. The van der Waals surface area contributed by atoms with E-state index in [9.17, 15) is 0 Å². The van der Waals surface area contributed by atoms with Gasteiger partial charge in [-0.05, 0) is 43.8 Å². The van der Waals surface area contributed by atoms with E-state index in [1.807, 2.05) is 0 Å². The summed E-state index contributed by atoms with van der Waals surface area (Å²) in [7, 11) is 0. The van der Waals surface area contributed by atoms with E-state index in [1.54, 1.807) is 0 Å². The number of rotatable bonds is 0. The average Bonchev–Trinajstić information content (AvgIpc) is 2.53. The molecule has 0 saturated heterocycles. The van der Waals surface area contributed by atoms with Crippen molar-refractivity contribution in [1.82, 2.24) is 0 Å². The van der Waals surface area contributed by atoms with E-state index in [1.165, 1.54) is 38.3 Å². The van der Waals surface area contributed by atoms with E-state index >= 15 is 0 Å². The van der Waals surface area contributed by atoms with Crippen molar-refractivity contribution in [2.45, 2.75) is 5.92 Å². The first-order valence-electron chi connectivity index (χ1n) is 7.36. The van der Waals surface area contributed by atoms with Crippen molar-refractivity contribution in [1.29, 1.82) is 0 Å². The van der Waals surface area contributed by atoms with Gasteiger partial charge in [0.2, 0.25) is 0 Å². The summed E-state index contributed by atoms with van der Waals surface area (Å²) in [5.74, 6) is 0.376. The van der Waals surface area contributed by atoms with Crippen LogP contribution in [0.1, 0.15) is 22.6 Å². The fourth-order valence-electron chi connectivity index (χ4n) is 3.91. The van der Waals surface area contributed by atoms with Crippen LogP contribution in [0.25, 0.3) is 23.3 Å². The van der Waals surface area contributed by atoms with Gasteiger partial charge < -0.3 is 0 Å². The molecular formula is C21H14. The zero-order valence-electron chi connectivity index (χ0n) is 11.6. The molecule has 3 aliphatic rings. The third-order valence-corrected chi connectivity index (χ3v) is 4.80. The molecule has 0 spiro atoms. The van der Waals surface area contributed by atoms with Crippen LogP contribution in [0.5, 0.6) is 0 Å². The number of hydrogen-bond donors (Lipinski definition) is 0. The molecule has 0 fully saturated rings. The smallest absolute Gasteiger partial charge is 0.0358 e. The third-order valence-electron chi connectivity index (χ3n) is 4.80. The lowest BCUT2D eigenvalue weighted by atomic mass is 9.69. The molecule has 1 atom stereocenters. The van der Waals surface area contributed by atoms with Gasteiger partial charge in [-0.25, -0.2) is 0 Å². The van der Waals surface area contributed by atoms with Gasteiger partial charge in [0, 0.05) is 5.92 Å². The molecule has 0 saturated carbocycles. The van der Waals surface area contributed by atoms with Crippen molar-refractivity contribution >= 4 is 23.3 Å². The van der Waals surface area contributed by atoms with Gasteiger partial charge in [0.05, 0.1) is 0 Å². The molecule has 21 heavy (non-hydrogen) atoms. The normalized spacial score (nSPS) is 20.4. The van der Waals surface area contributed by atoms with E-state index in [4.69, 9.17) is 0 Å². The highest BCUT2D eigenvalue weighted by atomic mass is 14.3. The molecule has 0 radical (unpaired) electrons. The highest BCUT2D eigenvalue weighted by molar-refractivity contribution is 5.94. The summed E-state index contributed by atoms with van der Waals surface area (Å²) in [6.45, 7) is 4.26. The molecule has 98 valence electrons. The predicted molar refractivity (Wildman–Crippen MR) is 88.9 cm³/mol. The van der Waals surface area contributed by atoms with Crippen molar-refractivity contribution in [3.05, 3.63) is 93.9 Å². The number of benzene rings is 2. The molecule has 0 heteroatoms. The van der Waals surface area contributed by atoms with Crippen LogP contribution in [0.2, 0.25) is 0 Å². The van der Waals surface area contributed by atoms with Crippen LogP contribution in [-0.2, 0) is 0 Å².